The quantitative estimate of drug-likeness (QED) is 0.835. The van der Waals surface area contributed by atoms with Gasteiger partial charge in [-0.3, -0.25) is 14.5 Å². The van der Waals surface area contributed by atoms with Crippen LogP contribution in [-0.2, 0) is 11.3 Å². The third kappa shape index (κ3) is 3.30. The van der Waals surface area contributed by atoms with Crippen LogP contribution in [0.4, 0.5) is 11.6 Å². The summed E-state index contributed by atoms with van der Waals surface area (Å²) < 4.78 is 0. The van der Waals surface area contributed by atoms with Crippen LogP contribution in [0, 0.1) is 5.92 Å². The number of likely N-dealkylation sites (N-methyl/N-ethyl adjacent to an activating group) is 1. The molecule has 0 spiro atoms. The number of benzene rings is 1. The van der Waals surface area contributed by atoms with Gasteiger partial charge in [-0.15, -0.1) is 0 Å². The lowest BCUT2D eigenvalue weighted by atomic mass is 9.91. The number of carbonyl (C=O) groups is 2. The molecule has 0 radical (unpaired) electrons. The van der Waals surface area contributed by atoms with Crippen LogP contribution >= 0.6 is 0 Å². The summed E-state index contributed by atoms with van der Waals surface area (Å²) in [6, 6.07) is 10.6. The van der Waals surface area contributed by atoms with Crippen molar-refractivity contribution in [1.82, 2.24) is 14.9 Å². The molecule has 27 heavy (non-hydrogen) atoms. The lowest BCUT2D eigenvalue weighted by molar-refractivity contribution is -0.112. The normalized spacial score (nSPS) is 22.4. The minimum absolute atomic E-state index is 0.199. The maximum absolute atomic E-state index is 12.3. The second kappa shape index (κ2) is 7.08. The number of amides is 1. The van der Waals surface area contributed by atoms with Crippen molar-refractivity contribution in [2.45, 2.75) is 25.9 Å². The van der Waals surface area contributed by atoms with E-state index < -0.39 is 11.7 Å². The molecule has 140 valence electrons. The largest absolute Gasteiger partial charge is 0.354 e. The van der Waals surface area contributed by atoms with E-state index >= 15 is 0 Å². The van der Waals surface area contributed by atoms with Crippen molar-refractivity contribution in [3.8, 4) is 0 Å². The van der Waals surface area contributed by atoms with Crippen molar-refractivity contribution in [3.05, 3.63) is 47.8 Å². The number of Topliss-reactive ketones (excluding diaryl/α,β-unsaturated/α-hetero) is 1. The standard InChI is InChI=1S/C20H23N5O2/c1-13-8-9-25(10-14-6-4-3-5-7-14)11-15(13)24(2)19-16-17(26)20(27)23-18(16)21-12-22-19/h3-7,12-13,15H,8-11H2,1-2H3,(H,21,22,23,26,27)/t13-,15+/m1/s1. The lowest BCUT2D eigenvalue weighted by Gasteiger charge is -2.42. The van der Waals surface area contributed by atoms with Gasteiger partial charge in [0.15, 0.2) is 0 Å². The third-order valence-electron chi connectivity index (χ3n) is 5.58. The van der Waals surface area contributed by atoms with E-state index in [0.29, 0.717) is 17.6 Å². The summed E-state index contributed by atoms with van der Waals surface area (Å²) in [5, 5.41) is 2.52. The number of nitrogens with one attached hydrogen (secondary N) is 1. The Bertz CT molecular complexity index is 870. The Kier molecular flexibility index (Phi) is 4.61. The Balaban J connectivity index is 1.56. The van der Waals surface area contributed by atoms with E-state index in [0.717, 1.165) is 26.1 Å². The highest BCUT2D eigenvalue weighted by Gasteiger charge is 2.37. The van der Waals surface area contributed by atoms with Gasteiger partial charge in [-0.2, -0.15) is 0 Å². The molecule has 7 nitrogen and oxygen atoms in total. The van der Waals surface area contributed by atoms with Crippen molar-refractivity contribution in [2.75, 3.05) is 30.4 Å². The first-order valence-corrected chi connectivity index (χ1v) is 9.24. The average molecular weight is 365 g/mol. The molecule has 0 unspecified atom stereocenters. The number of carbonyl (C=O) groups excluding carboxylic acids is 2. The number of piperidine rings is 1. The molecule has 1 fully saturated rings. The van der Waals surface area contributed by atoms with Crippen LogP contribution in [0.1, 0.15) is 29.3 Å². The van der Waals surface area contributed by atoms with Crippen molar-refractivity contribution in [3.63, 3.8) is 0 Å². The summed E-state index contributed by atoms with van der Waals surface area (Å²) in [7, 11) is 1.95. The summed E-state index contributed by atoms with van der Waals surface area (Å²) in [5.74, 6) is 0.0978. The number of hydrogen-bond acceptors (Lipinski definition) is 6. The Morgan fingerprint density at radius 1 is 1.22 bits per heavy atom. The minimum atomic E-state index is -0.637. The van der Waals surface area contributed by atoms with Gasteiger partial charge < -0.3 is 10.2 Å². The molecule has 0 saturated carbocycles. The molecule has 1 N–H and O–H groups in total. The van der Waals surface area contributed by atoms with Crippen LogP contribution < -0.4 is 10.2 Å². The lowest BCUT2D eigenvalue weighted by Crippen LogP contribution is -2.51. The van der Waals surface area contributed by atoms with E-state index in [9.17, 15) is 9.59 Å². The highest BCUT2D eigenvalue weighted by Crippen LogP contribution is 2.32. The van der Waals surface area contributed by atoms with Crippen molar-refractivity contribution in [2.24, 2.45) is 5.92 Å². The summed E-state index contributed by atoms with van der Waals surface area (Å²) in [5.41, 5.74) is 1.58. The molecule has 2 aliphatic heterocycles. The maximum atomic E-state index is 12.3. The van der Waals surface area contributed by atoms with Crippen LogP contribution in [-0.4, -0.2) is 52.7 Å². The second-order valence-electron chi connectivity index (χ2n) is 7.37. The van der Waals surface area contributed by atoms with Gasteiger partial charge in [0.1, 0.15) is 23.5 Å². The molecule has 4 rings (SSSR count). The fraction of sp³-hybridized carbons (Fsp3) is 0.400. The first-order valence-electron chi connectivity index (χ1n) is 9.24. The van der Waals surface area contributed by atoms with E-state index in [2.05, 4.69) is 51.4 Å². The number of fused-ring (bicyclic) bond motifs is 1. The number of nitrogens with zero attached hydrogens (tertiary/aromatic N) is 4. The van der Waals surface area contributed by atoms with E-state index in [1.54, 1.807) is 0 Å². The first kappa shape index (κ1) is 17.6. The molecular weight excluding hydrogens is 342 g/mol. The van der Waals surface area contributed by atoms with Crippen LogP contribution in [0.15, 0.2) is 36.7 Å². The molecule has 7 heteroatoms. The fourth-order valence-corrected chi connectivity index (χ4v) is 3.99. The van der Waals surface area contributed by atoms with Crippen molar-refractivity contribution < 1.29 is 9.59 Å². The molecular formula is C20H23N5O2. The monoisotopic (exact) mass is 365 g/mol. The fourth-order valence-electron chi connectivity index (χ4n) is 3.99. The van der Waals surface area contributed by atoms with Gasteiger partial charge in [0.05, 0.1) is 0 Å². The predicted molar refractivity (Wildman–Crippen MR) is 103 cm³/mol. The van der Waals surface area contributed by atoms with Gasteiger partial charge in [-0.25, -0.2) is 9.97 Å². The molecule has 1 aromatic heterocycles. The van der Waals surface area contributed by atoms with Crippen LogP contribution in [0.3, 0.4) is 0 Å². The Labute approximate surface area is 158 Å². The number of hydrogen-bond donors (Lipinski definition) is 1. The number of likely N-dealkylation sites (tertiary alicyclic amines) is 1. The van der Waals surface area contributed by atoms with Gasteiger partial charge in [0.25, 0.3) is 11.7 Å². The van der Waals surface area contributed by atoms with Crippen molar-refractivity contribution >= 4 is 23.3 Å². The van der Waals surface area contributed by atoms with Crippen LogP contribution in [0.25, 0.3) is 0 Å². The van der Waals surface area contributed by atoms with Gasteiger partial charge in [0, 0.05) is 26.2 Å². The Hall–Kier alpha value is -2.80. The van der Waals surface area contributed by atoms with Gasteiger partial charge in [-0.1, -0.05) is 37.3 Å². The summed E-state index contributed by atoms with van der Waals surface area (Å²) in [6.07, 6.45) is 2.47. The molecule has 1 amide bonds. The molecule has 0 bridgehead atoms. The number of rotatable bonds is 4. The summed E-state index contributed by atoms with van der Waals surface area (Å²) >= 11 is 0. The van der Waals surface area contributed by atoms with Crippen molar-refractivity contribution in [1.29, 1.82) is 0 Å². The average Bonchev–Trinajstić information content (AvgIpc) is 2.98. The van der Waals surface area contributed by atoms with E-state index in [1.807, 2.05) is 18.0 Å². The third-order valence-corrected chi connectivity index (χ3v) is 5.58. The molecule has 1 aromatic carbocycles. The highest BCUT2D eigenvalue weighted by molar-refractivity contribution is 6.52. The zero-order valence-electron chi connectivity index (χ0n) is 15.6. The molecule has 2 aliphatic rings. The molecule has 0 aliphatic carbocycles. The number of aromatic nitrogens is 2. The molecule has 2 atom stereocenters. The maximum Gasteiger partial charge on any atom is 0.298 e. The van der Waals surface area contributed by atoms with Gasteiger partial charge in [0.2, 0.25) is 0 Å². The van der Waals surface area contributed by atoms with E-state index in [-0.39, 0.29) is 11.6 Å². The topological polar surface area (TPSA) is 78.4 Å². The molecule has 3 heterocycles. The van der Waals surface area contributed by atoms with E-state index in [4.69, 9.17) is 0 Å². The first-order chi connectivity index (χ1) is 13.0. The predicted octanol–water partition coefficient (Wildman–Crippen LogP) is 1.96. The molecule has 2 aromatic rings. The SMILES string of the molecule is C[C@@H]1CCN(Cc2ccccc2)C[C@@H]1N(C)c1ncnc2c1C(=O)C(=O)N2. The smallest absolute Gasteiger partial charge is 0.298 e. The van der Waals surface area contributed by atoms with E-state index in [1.165, 1.54) is 11.9 Å². The Morgan fingerprint density at radius 2 is 2.00 bits per heavy atom. The number of anilines is 2. The summed E-state index contributed by atoms with van der Waals surface area (Å²) in [4.78, 5) is 36.9. The minimum Gasteiger partial charge on any atom is -0.354 e. The zero-order chi connectivity index (χ0) is 19.0. The van der Waals surface area contributed by atoms with Gasteiger partial charge in [-0.05, 0) is 24.4 Å². The molecule has 1 saturated heterocycles. The summed E-state index contributed by atoms with van der Waals surface area (Å²) in [6.45, 7) is 5.05. The highest BCUT2D eigenvalue weighted by atomic mass is 16.2. The van der Waals surface area contributed by atoms with Crippen LogP contribution in [0.2, 0.25) is 0 Å². The van der Waals surface area contributed by atoms with Crippen LogP contribution in [0.5, 0.6) is 0 Å². The second-order valence-corrected chi connectivity index (χ2v) is 7.37. The van der Waals surface area contributed by atoms with Gasteiger partial charge >= 0.3 is 0 Å². The zero-order valence-corrected chi connectivity index (χ0v) is 15.6. The Morgan fingerprint density at radius 3 is 2.78 bits per heavy atom. The number of ketones is 1.